The highest BCUT2D eigenvalue weighted by Gasteiger charge is 2.32. The van der Waals surface area contributed by atoms with Gasteiger partial charge in [0.15, 0.2) is 0 Å². The molecule has 0 saturated heterocycles. The summed E-state index contributed by atoms with van der Waals surface area (Å²) in [6.45, 7) is 1.79. The molecule has 0 amide bonds. The molecule has 3 aromatic rings. The summed E-state index contributed by atoms with van der Waals surface area (Å²) >= 11 is 0. The van der Waals surface area contributed by atoms with E-state index in [2.05, 4.69) is 25.3 Å². The maximum absolute atomic E-state index is 12.8. The fourth-order valence-electron chi connectivity index (χ4n) is 2.76. The lowest BCUT2D eigenvalue weighted by molar-refractivity contribution is -0.142. The number of aromatic nitrogens is 4. The van der Waals surface area contributed by atoms with Crippen molar-refractivity contribution in [1.82, 2.24) is 19.9 Å². The Hall–Kier alpha value is -3.56. The maximum Gasteiger partial charge on any atom is 0.433 e. The first-order valence-corrected chi connectivity index (χ1v) is 9.07. The summed E-state index contributed by atoms with van der Waals surface area (Å²) in [4.78, 5) is 27.2. The number of rotatable bonds is 7. The van der Waals surface area contributed by atoms with Gasteiger partial charge in [-0.25, -0.2) is 15.0 Å². The number of halogens is 3. The number of anilines is 2. The van der Waals surface area contributed by atoms with Crippen LogP contribution in [-0.2, 0) is 17.4 Å². The summed E-state index contributed by atoms with van der Waals surface area (Å²) in [5.41, 5.74) is 1.14. The number of carbonyl (C=O) groups is 1. The van der Waals surface area contributed by atoms with Crippen molar-refractivity contribution in [3.05, 3.63) is 60.3 Å². The normalized spacial score (nSPS) is 12.4. The Kier molecular flexibility index (Phi) is 6.24. The highest BCUT2D eigenvalue weighted by atomic mass is 19.4. The summed E-state index contributed by atoms with van der Waals surface area (Å²) in [6.07, 6.45) is 0.242. The van der Waals surface area contributed by atoms with Crippen LogP contribution in [0.1, 0.15) is 24.7 Å². The number of alkyl halides is 3. The Morgan fingerprint density at radius 2 is 2.00 bits per heavy atom. The Bertz CT molecular complexity index is 1040. The third-order valence-corrected chi connectivity index (χ3v) is 4.34. The highest BCUT2D eigenvalue weighted by Crippen LogP contribution is 2.28. The van der Waals surface area contributed by atoms with Gasteiger partial charge >= 0.3 is 12.1 Å². The molecular formula is C20H18F3N5O2. The lowest BCUT2D eigenvalue weighted by atomic mass is 10.0. The van der Waals surface area contributed by atoms with Crippen LogP contribution in [-0.4, -0.2) is 31.0 Å². The van der Waals surface area contributed by atoms with E-state index in [1.165, 1.54) is 12.4 Å². The summed E-state index contributed by atoms with van der Waals surface area (Å²) in [7, 11) is 0. The monoisotopic (exact) mass is 417 g/mol. The molecule has 0 fully saturated rings. The molecule has 0 aliphatic carbocycles. The molecule has 1 atom stereocenters. The first kappa shape index (κ1) is 21.2. The Labute approximate surface area is 170 Å². The predicted octanol–water partition coefficient (Wildman–Crippen LogP) is 4.35. The third kappa shape index (κ3) is 5.28. The van der Waals surface area contributed by atoms with Gasteiger partial charge in [0.2, 0.25) is 5.95 Å². The zero-order chi connectivity index (χ0) is 21.7. The van der Waals surface area contributed by atoms with Gasteiger partial charge < -0.3 is 10.4 Å². The molecule has 2 aromatic heterocycles. The number of aliphatic carboxylic acids is 1. The number of nitrogens with one attached hydrogen (secondary N) is 1. The van der Waals surface area contributed by atoms with Crippen LogP contribution in [0.15, 0.2) is 48.9 Å². The van der Waals surface area contributed by atoms with Gasteiger partial charge in [0.05, 0.1) is 23.5 Å². The van der Waals surface area contributed by atoms with Gasteiger partial charge in [0.1, 0.15) is 5.69 Å². The molecule has 0 bridgehead atoms. The first-order chi connectivity index (χ1) is 14.3. The van der Waals surface area contributed by atoms with Gasteiger partial charge in [-0.2, -0.15) is 13.2 Å². The average molecular weight is 417 g/mol. The van der Waals surface area contributed by atoms with Crippen molar-refractivity contribution in [3.63, 3.8) is 0 Å². The molecule has 0 aliphatic heterocycles. The van der Waals surface area contributed by atoms with Crippen molar-refractivity contribution < 1.29 is 23.1 Å². The van der Waals surface area contributed by atoms with Crippen molar-refractivity contribution in [2.45, 2.75) is 25.9 Å². The smallest absolute Gasteiger partial charge is 0.433 e. The predicted molar refractivity (Wildman–Crippen MR) is 103 cm³/mol. The second-order valence-corrected chi connectivity index (χ2v) is 6.51. The minimum atomic E-state index is -4.57. The summed E-state index contributed by atoms with van der Waals surface area (Å²) in [6, 6.07) is 7.59. The highest BCUT2D eigenvalue weighted by molar-refractivity contribution is 5.70. The van der Waals surface area contributed by atoms with Crippen LogP contribution in [0, 0.1) is 5.92 Å². The lowest BCUT2D eigenvalue weighted by Crippen LogP contribution is -2.16. The van der Waals surface area contributed by atoms with Crippen LogP contribution in [0.5, 0.6) is 0 Å². The first-order valence-electron chi connectivity index (χ1n) is 9.07. The van der Waals surface area contributed by atoms with Crippen LogP contribution < -0.4 is 5.32 Å². The molecule has 10 heteroatoms. The fourth-order valence-corrected chi connectivity index (χ4v) is 2.76. The van der Waals surface area contributed by atoms with Gasteiger partial charge in [-0.05, 0) is 24.6 Å². The van der Waals surface area contributed by atoms with E-state index in [1.807, 2.05) is 0 Å². The second kappa shape index (κ2) is 8.85. The van der Waals surface area contributed by atoms with Crippen LogP contribution in [0.25, 0.3) is 11.3 Å². The third-order valence-electron chi connectivity index (χ3n) is 4.34. The number of carboxylic acids is 1. The standard InChI is InChI=1S/C20H18F3N5O2/c1-2-12(18(29)30)8-15-10-24-11-16(26-15)13-4-3-5-14(9-13)27-19-25-7-6-17(28-19)20(21,22)23/h3-7,9-12H,2,8H2,1H3,(H,29,30)(H,25,27,28). The molecule has 7 nitrogen and oxygen atoms in total. The second-order valence-electron chi connectivity index (χ2n) is 6.51. The molecule has 1 unspecified atom stereocenters. The number of hydrogen-bond donors (Lipinski definition) is 2. The molecule has 0 aliphatic rings. The average Bonchev–Trinajstić information content (AvgIpc) is 2.72. The zero-order valence-electron chi connectivity index (χ0n) is 15.9. The van der Waals surface area contributed by atoms with Gasteiger partial charge in [-0.1, -0.05) is 19.1 Å². The van der Waals surface area contributed by atoms with E-state index in [0.717, 1.165) is 12.3 Å². The quantitative estimate of drug-likeness (QED) is 0.589. The fraction of sp³-hybridized carbons (Fsp3) is 0.250. The largest absolute Gasteiger partial charge is 0.481 e. The summed E-state index contributed by atoms with van der Waals surface area (Å²) in [5.74, 6) is -1.63. The van der Waals surface area contributed by atoms with E-state index in [-0.39, 0.29) is 12.4 Å². The van der Waals surface area contributed by atoms with Crippen molar-refractivity contribution in [3.8, 4) is 11.3 Å². The van der Waals surface area contributed by atoms with E-state index >= 15 is 0 Å². The molecule has 0 radical (unpaired) electrons. The molecule has 2 N–H and O–H groups in total. The number of carboxylic acid groups (broad SMARTS) is 1. The maximum atomic E-state index is 12.8. The minimum absolute atomic E-state index is 0.186. The number of benzene rings is 1. The SMILES string of the molecule is CCC(Cc1cncc(-c2cccc(Nc3nccc(C(F)(F)F)n3)c2)n1)C(=O)O. The Morgan fingerprint density at radius 1 is 1.20 bits per heavy atom. The molecule has 1 aromatic carbocycles. The van der Waals surface area contributed by atoms with E-state index < -0.39 is 23.8 Å². The molecule has 2 heterocycles. The number of nitrogens with zero attached hydrogens (tertiary/aromatic N) is 4. The molecule has 0 saturated carbocycles. The van der Waals surface area contributed by atoms with Gasteiger partial charge in [0.25, 0.3) is 0 Å². The van der Waals surface area contributed by atoms with Crippen LogP contribution >= 0.6 is 0 Å². The molecule has 156 valence electrons. The van der Waals surface area contributed by atoms with Gasteiger partial charge in [-0.15, -0.1) is 0 Å². The van der Waals surface area contributed by atoms with Crippen molar-refractivity contribution >= 4 is 17.6 Å². The molecular weight excluding hydrogens is 399 g/mol. The molecule has 0 spiro atoms. The molecule has 3 rings (SSSR count). The topological polar surface area (TPSA) is 101 Å². The zero-order valence-corrected chi connectivity index (χ0v) is 15.9. The van der Waals surface area contributed by atoms with Crippen LogP contribution in [0.4, 0.5) is 24.8 Å². The molecule has 30 heavy (non-hydrogen) atoms. The van der Waals surface area contributed by atoms with Crippen molar-refractivity contribution in [2.24, 2.45) is 5.92 Å². The Morgan fingerprint density at radius 3 is 2.70 bits per heavy atom. The van der Waals surface area contributed by atoms with Crippen molar-refractivity contribution in [2.75, 3.05) is 5.32 Å². The summed E-state index contributed by atoms with van der Waals surface area (Å²) in [5, 5.41) is 12.0. The Balaban J connectivity index is 1.82. The van der Waals surface area contributed by atoms with E-state index in [9.17, 15) is 23.1 Å². The van der Waals surface area contributed by atoms with E-state index in [4.69, 9.17) is 0 Å². The van der Waals surface area contributed by atoms with Crippen LogP contribution in [0.3, 0.4) is 0 Å². The lowest BCUT2D eigenvalue weighted by Gasteiger charge is -2.11. The van der Waals surface area contributed by atoms with E-state index in [0.29, 0.717) is 29.1 Å². The number of hydrogen-bond acceptors (Lipinski definition) is 6. The van der Waals surface area contributed by atoms with E-state index in [1.54, 1.807) is 31.2 Å². The van der Waals surface area contributed by atoms with Gasteiger partial charge in [0, 0.05) is 30.1 Å². The minimum Gasteiger partial charge on any atom is -0.481 e. The van der Waals surface area contributed by atoms with Gasteiger partial charge in [-0.3, -0.25) is 9.78 Å². The summed E-state index contributed by atoms with van der Waals surface area (Å²) < 4.78 is 38.5. The van der Waals surface area contributed by atoms with Crippen molar-refractivity contribution in [1.29, 1.82) is 0 Å². The van der Waals surface area contributed by atoms with Crippen LogP contribution in [0.2, 0.25) is 0 Å².